The highest BCUT2D eigenvalue weighted by Gasteiger charge is 2.30. The molecule has 1 heterocycles. The highest BCUT2D eigenvalue weighted by Crippen LogP contribution is 2.21. The van der Waals surface area contributed by atoms with Gasteiger partial charge >= 0.3 is 0 Å². The summed E-state index contributed by atoms with van der Waals surface area (Å²) in [5, 5.41) is -0.217. The fourth-order valence-electron chi connectivity index (χ4n) is 1.61. The minimum atomic E-state index is -3.75. The Kier molecular flexibility index (Phi) is 5.71. The summed E-state index contributed by atoms with van der Waals surface area (Å²) in [5.41, 5.74) is 0. The number of hydrogen-bond acceptors (Lipinski definition) is 5. The van der Waals surface area contributed by atoms with Gasteiger partial charge in [-0.05, 0) is 25.5 Å². The van der Waals surface area contributed by atoms with E-state index in [2.05, 4.69) is 0 Å². The fraction of sp³-hybridized carbons (Fsp3) is 0.583. The normalized spacial score (nSPS) is 13.7. The summed E-state index contributed by atoms with van der Waals surface area (Å²) in [6.07, 6.45) is 1.14. The van der Waals surface area contributed by atoms with Crippen LogP contribution in [-0.2, 0) is 14.8 Å². The van der Waals surface area contributed by atoms with E-state index in [0.29, 0.717) is 19.3 Å². The number of methoxy groups -OCH3 is 1. The van der Waals surface area contributed by atoms with E-state index < -0.39 is 10.0 Å². The van der Waals surface area contributed by atoms with Crippen LogP contribution in [0.15, 0.2) is 21.6 Å². The van der Waals surface area contributed by atoms with Crippen LogP contribution >= 0.6 is 0 Å². The van der Waals surface area contributed by atoms with Gasteiger partial charge < -0.3 is 9.15 Å². The summed E-state index contributed by atoms with van der Waals surface area (Å²) in [5.74, 6) is -0.00517. The van der Waals surface area contributed by atoms with E-state index in [0.717, 1.165) is 0 Å². The van der Waals surface area contributed by atoms with Gasteiger partial charge in [0.15, 0.2) is 12.0 Å². The topological polar surface area (TPSA) is 76.8 Å². The van der Waals surface area contributed by atoms with Gasteiger partial charge in [0.1, 0.15) is 0 Å². The quantitative estimate of drug-likeness (QED) is 0.678. The van der Waals surface area contributed by atoms with Gasteiger partial charge in [0.25, 0.3) is 10.0 Å². The SMILES string of the molecule is CCC(C)N(CCOC)S(=O)(=O)c1ccc(C=O)o1. The molecule has 0 aromatic carbocycles. The molecule has 1 atom stereocenters. The molecule has 0 N–H and O–H groups in total. The lowest BCUT2D eigenvalue weighted by atomic mass is 10.3. The Morgan fingerprint density at radius 1 is 1.47 bits per heavy atom. The standard InChI is InChI=1S/C12H19NO5S/c1-4-10(2)13(7-8-17-3)19(15,16)12-6-5-11(9-14)18-12/h5-6,9-10H,4,7-8H2,1-3H3. The van der Waals surface area contributed by atoms with E-state index in [4.69, 9.17) is 9.15 Å². The van der Waals surface area contributed by atoms with Gasteiger partial charge in [-0.25, -0.2) is 8.42 Å². The van der Waals surface area contributed by atoms with Gasteiger partial charge in [0.05, 0.1) is 6.61 Å². The molecule has 0 aliphatic heterocycles. The fourth-order valence-corrected chi connectivity index (χ4v) is 3.22. The molecule has 19 heavy (non-hydrogen) atoms. The highest BCUT2D eigenvalue weighted by atomic mass is 32.2. The molecule has 108 valence electrons. The molecule has 6 nitrogen and oxygen atoms in total. The zero-order valence-electron chi connectivity index (χ0n) is 11.3. The lowest BCUT2D eigenvalue weighted by Crippen LogP contribution is -2.40. The van der Waals surface area contributed by atoms with Crippen LogP contribution in [0.25, 0.3) is 0 Å². The number of furan rings is 1. The molecule has 0 saturated carbocycles. The number of aldehydes is 1. The van der Waals surface area contributed by atoms with Crippen LogP contribution in [-0.4, -0.2) is 45.3 Å². The molecule has 0 spiro atoms. The van der Waals surface area contributed by atoms with E-state index in [1.807, 2.05) is 13.8 Å². The van der Waals surface area contributed by atoms with Gasteiger partial charge in [-0.1, -0.05) is 6.92 Å². The number of carbonyl (C=O) groups is 1. The average molecular weight is 289 g/mol. The molecule has 0 aliphatic carbocycles. The van der Waals surface area contributed by atoms with Crippen molar-refractivity contribution in [3.8, 4) is 0 Å². The predicted octanol–water partition coefficient (Wildman–Crippen LogP) is 1.53. The van der Waals surface area contributed by atoms with Crippen molar-refractivity contribution in [2.45, 2.75) is 31.4 Å². The smallest absolute Gasteiger partial charge is 0.276 e. The molecule has 0 radical (unpaired) electrons. The number of rotatable bonds is 8. The molecule has 0 fully saturated rings. The van der Waals surface area contributed by atoms with E-state index in [9.17, 15) is 13.2 Å². The van der Waals surface area contributed by atoms with Crippen LogP contribution in [0.3, 0.4) is 0 Å². The largest absolute Gasteiger partial charge is 0.440 e. The first-order valence-corrected chi connectivity index (χ1v) is 7.47. The molecule has 1 rings (SSSR count). The van der Waals surface area contributed by atoms with Crippen LogP contribution in [0, 0.1) is 0 Å². The van der Waals surface area contributed by atoms with Gasteiger partial charge in [-0.3, -0.25) is 4.79 Å². The molecule has 0 bridgehead atoms. The summed E-state index contributed by atoms with van der Waals surface area (Å²) in [4.78, 5) is 10.6. The number of ether oxygens (including phenoxy) is 1. The zero-order valence-corrected chi connectivity index (χ0v) is 12.1. The van der Waals surface area contributed by atoms with Crippen LogP contribution in [0.1, 0.15) is 30.8 Å². The Balaban J connectivity index is 3.07. The molecule has 0 saturated heterocycles. The predicted molar refractivity (Wildman–Crippen MR) is 69.6 cm³/mol. The molecule has 1 aromatic heterocycles. The average Bonchev–Trinajstić information content (AvgIpc) is 2.88. The molecule has 1 aromatic rings. The van der Waals surface area contributed by atoms with Crippen molar-refractivity contribution in [3.63, 3.8) is 0 Å². The van der Waals surface area contributed by atoms with Gasteiger partial charge in [-0.2, -0.15) is 4.31 Å². The van der Waals surface area contributed by atoms with Crippen molar-refractivity contribution in [2.75, 3.05) is 20.3 Å². The third kappa shape index (κ3) is 3.65. The minimum absolute atomic E-state index is 0.00517. The summed E-state index contributed by atoms with van der Waals surface area (Å²) in [6, 6.07) is 2.46. The van der Waals surface area contributed by atoms with E-state index in [1.165, 1.54) is 23.5 Å². The van der Waals surface area contributed by atoms with Crippen LogP contribution in [0.4, 0.5) is 0 Å². The molecule has 7 heteroatoms. The third-order valence-electron chi connectivity index (χ3n) is 2.88. The monoisotopic (exact) mass is 289 g/mol. The van der Waals surface area contributed by atoms with Crippen LogP contribution in [0.2, 0.25) is 0 Å². The Labute approximate surface area is 113 Å². The maximum Gasteiger partial charge on any atom is 0.276 e. The molecular weight excluding hydrogens is 270 g/mol. The third-order valence-corrected chi connectivity index (χ3v) is 4.77. The second-order valence-electron chi connectivity index (χ2n) is 4.14. The lowest BCUT2D eigenvalue weighted by Gasteiger charge is -2.26. The number of hydrogen-bond donors (Lipinski definition) is 0. The Bertz CT molecular complexity index is 508. The lowest BCUT2D eigenvalue weighted by molar-refractivity contribution is 0.109. The minimum Gasteiger partial charge on any atom is -0.440 e. The van der Waals surface area contributed by atoms with Crippen molar-refractivity contribution in [1.29, 1.82) is 0 Å². The van der Waals surface area contributed by atoms with E-state index >= 15 is 0 Å². The first kappa shape index (κ1) is 15.9. The van der Waals surface area contributed by atoms with Crippen LogP contribution < -0.4 is 0 Å². The maximum absolute atomic E-state index is 12.4. The number of sulfonamides is 1. The molecule has 1 unspecified atom stereocenters. The summed E-state index contributed by atoms with van der Waals surface area (Å²) >= 11 is 0. The number of carbonyl (C=O) groups excluding carboxylic acids is 1. The maximum atomic E-state index is 12.4. The van der Waals surface area contributed by atoms with Crippen molar-refractivity contribution in [3.05, 3.63) is 17.9 Å². The van der Waals surface area contributed by atoms with Crippen molar-refractivity contribution in [1.82, 2.24) is 4.31 Å². The van der Waals surface area contributed by atoms with E-state index in [-0.39, 0.29) is 23.4 Å². The number of nitrogens with zero attached hydrogens (tertiary/aromatic N) is 1. The van der Waals surface area contributed by atoms with Crippen LogP contribution in [0.5, 0.6) is 0 Å². The molecular formula is C12H19NO5S. The first-order chi connectivity index (χ1) is 8.97. The van der Waals surface area contributed by atoms with Gasteiger partial charge in [0.2, 0.25) is 5.09 Å². The summed E-state index contributed by atoms with van der Waals surface area (Å²) in [7, 11) is -2.23. The second-order valence-corrected chi connectivity index (χ2v) is 5.96. The molecule has 0 aliphatic rings. The Morgan fingerprint density at radius 3 is 2.63 bits per heavy atom. The second kappa shape index (κ2) is 6.83. The summed E-state index contributed by atoms with van der Waals surface area (Å²) in [6.45, 7) is 4.26. The zero-order chi connectivity index (χ0) is 14.5. The first-order valence-electron chi connectivity index (χ1n) is 6.03. The van der Waals surface area contributed by atoms with Gasteiger partial charge in [-0.15, -0.1) is 0 Å². The summed E-state index contributed by atoms with van der Waals surface area (Å²) < 4.78 is 36.1. The van der Waals surface area contributed by atoms with Gasteiger partial charge in [0, 0.05) is 19.7 Å². The van der Waals surface area contributed by atoms with Crippen molar-refractivity contribution < 1.29 is 22.4 Å². The van der Waals surface area contributed by atoms with Crippen molar-refractivity contribution in [2.24, 2.45) is 0 Å². The van der Waals surface area contributed by atoms with E-state index in [1.54, 1.807) is 0 Å². The Morgan fingerprint density at radius 2 is 2.16 bits per heavy atom. The Hall–Kier alpha value is -1.18. The van der Waals surface area contributed by atoms with Crippen molar-refractivity contribution >= 4 is 16.3 Å². The highest BCUT2D eigenvalue weighted by molar-refractivity contribution is 7.89. The molecule has 0 amide bonds.